The van der Waals surface area contributed by atoms with Crippen LogP contribution in [0.3, 0.4) is 0 Å². The van der Waals surface area contributed by atoms with Gasteiger partial charge in [-0.05, 0) is 52.7 Å². The summed E-state index contributed by atoms with van der Waals surface area (Å²) in [5.74, 6) is 0. The number of nitrogens with one attached hydrogen (secondary N) is 1. The van der Waals surface area contributed by atoms with E-state index in [1.807, 2.05) is 74.5 Å². The van der Waals surface area contributed by atoms with Crippen molar-refractivity contribution in [3.05, 3.63) is 71.8 Å². The molecule has 2 aromatic rings. The number of carbonyl (C=O) groups excluding carboxylic acids is 2. The number of alkyl carbamates (subject to hydrolysis) is 1. The molecule has 0 saturated heterocycles. The third-order valence-corrected chi connectivity index (χ3v) is 5.03. The van der Waals surface area contributed by atoms with Crippen LogP contribution in [0.5, 0.6) is 0 Å². The maximum absolute atomic E-state index is 12.2. The first-order valence-corrected chi connectivity index (χ1v) is 10.9. The molecule has 0 bridgehead atoms. The van der Waals surface area contributed by atoms with Gasteiger partial charge in [0, 0.05) is 6.61 Å². The monoisotopic (exact) mass is 441 g/mol. The maximum Gasteiger partial charge on any atom is 0.408 e. The minimum Gasteiger partial charge on any atom is -0.444 e. The summed E-state index contributed by atoms with van der Waals surface area (Å²) in [4.78, 5) is 24.1. The molecular formula is C26H35NO5. The molecule has 0 aliphatic rings. The minimum absolute atomic E-state index is 0.0502. The number of hydrogen-bond acceptors (Lipinski definition) is 5. The van der Waals surface area contributed by atoms with Crippen molar-refractivity contribution >= 4 is 12.4 Å². The van der Waals surface area contributed by atoms with Gasteiger partial charge in [0.2, 0.25) is 0 Å². The van der Waals surface area contributed by atoms with Crippen molar-refractivity contribution in [3.63, 3.8) is 0 Å². The highest BCUT2D eigenvalue weighted by atomic mass is 16.6. The molecule has 2 rings (SSSR count). The summed E-state index contributed by atoms with van der Waals surface area (Å²) >= 11 is 0. The number of carbonyl (C=O) groups is 2. The van der Waals surface area contributed by atoms with Gasteiger partial charge in [-0.1, -0.05) is 60.7 Å². The summed E-state index contributed by atoms with van der Waals surface area (Å²) < 4.78 is 17.9. The number of hydrogen-bond donors (Lipinski definition) is 1. The van der Waals surface area contributed by atoms with Crippen LogP contribution in [0.1, 0.15) is 52.7 Å². The van der Waals surface area contributed by atoms with Gasteiger partial charge in [0.15, 0.2) is 0 Å². The summed E-state index contributed by atoms with van der Waals surface area (Å²) in [6.07, 6.45) is -0.491. The molecule has 2 aromatic carbocycles. The predicted molar refractivity (Wildman–Crippen MR) is 125 cm³/mol. The fourth-order valence-electron chi connectivity index (χ4n) is 3.57. The van der Waals surface area contributed by atoms with Crippen molar-refractivity contribution in [2.75, 3.05) is 13.2 Å². The molecule has 0 aliphatic carbocycles. The molecule has 0 saturated carbocycles. The number of amides is 1. The van der Waals surface area contributed by atoms with E-state index < -0.39 is 28.9 Å². The molecule has 0 spiro atoms. The van der Waals surface area contributed by atoms with Crippen LogP contribution in [0.15, 0.2) is 60.7 Å². The second-order valence-corrected chi connectivity index (χ2v) is 9.02. The Morgan fingerprint density at radius 1 is 0.969 bits per heavy atom. The van der Waals surface area contributed by atoms with Gasteiger partial charge in [-0.3, -0.25) is 0 Å². The van der Waals surface area contributed by atoms with Crippen molar-refractivity contribution in [2.45, 2.75) is 64.4 Å². The number of aldehydes is 1. The summed E-state index contributed by atoms with van der Waals surface area (Å²) in [7, 11) is 0. The van der Waals surface area contributed by atoms with Crippen molar-refractivity contribution in [2.24, 2.45) is 0 Å². The third-order valence-electron chi connectivity index (χ3n) is 5.03. The SMILES string of the molecule is CCOC(c1ccccc1)(c1ccccc1)[C@H](C)OC[C@@](C)(C=O)NC(=O)OC(C)(C)C. The predicted octanol–water partition coefficient (Wildman–Crippen LogP) is 4.85. The fourth-order valence-corrected chi connectivity index (χ4v) is 3.57. The Morgan fingerprint density at radius 3 is 1.88 bits per heavy atom. The maximum atomic E-state index is 12.2. The van der Waals surface area contributed by atoms with E-state index in [4.69, 9.17) is 14.2 Å². The lowest BCUT2D eigenvalue weighted by molar-refractivity contribution is -0.134. The van der Waals surface area contributed by atoms with Crippen LogP contribution in [0.2, 0.25) is 0 Å². The van der Waals surface area contributed by atoms with Crippen LogP contribution in [-0.2, 0) is 24.6 Å². The minimum atomic E-state index is -1.26. The van der Waals surface area contributed by atoms with Crippen molar-refractivity contribution < 1.29 is 23.8 Å². The number of rotatable bonds is 10. The van der Waals surface area contributed by atoms with E-state index in [1.165, 1.54) is 0 Å². The lowest BCUT2D eigenvalue weighted by atomic mass is 9.81. The largest absolute Gasteiger partial charge is 0.444 e. The van der Waals surface area contributed by atoms with E-state index in [-0.39, 0.29) is 6.61 Å². The summed E-state index contributed by atoms with van der Waals surface area (Å²) in [6, 6.07) is 19.7. The molecule has 0 aliphatic heterocycles. The van der Waals surface area contributed by atoms with Gasteiger partial charge in [0.1, 0.15) is 23.0 Å². The van der Waals surface area contributed by atoms with Crippen LogP contribution in [0, 0.1) is 0 Å². The first-order valence-electron chi connectivity index (χ1n) is 10.9. The molecule has 1 amide bonds. The Labute approximate surface area is 191 Å². The van der Waals surface area contributed by atoms with E-state index in [0.29, 0.717) is 12.9 Å². The Balaban J connectivity index is 2.33. The highest BCUT2D eigenvalue weighted by Crippen LogP contribution is 2.38. The Hall–Kier alpha value is -2.70. The van der Waals surface area contributed by atoms with E-state index >= 15 is 0 Å². The Kier molecular flexibility index (Phi) is 8.58. The second kappa shape index (κ2) is 10.7. The normalized spacial score (nSPS) is 14.8. The molecule has 6 nitrogen and oxygen atoms in total. The van der Waals surface area contributed by atoms with Crippen LogP contribution in [-0.4, -0.2) is 42.8 Å². The number of benzene rings is 2. The van der Waals surface area contributed by atoms with Gasteiger partial charge in [0.25, 0.3) is 0 Å². The molecule has 0 unspecified atom stereocenters. The summed E-state index contributed by atoms with van der Waals surface area (Å²) in [6.45, 7) is 11.1. The molecule has 174 valence electrons. The van der Waals surface area contributed by atoms with Crippen molar-refractivity contribution in [3.8, 4) is 0 Å². The topological polar surface area (TPSA) is 73.9 Å². The molecule has 2 atom stereocenters. The molecule has 0 heterocycles. The lowest BCUT2D eigenvalue weighted by Gasteiger charge is -2.40. The number of ether oxygens (including phenoxy) is 3. The van der Waals surface area contributed by atoms with E-state index in [1.54, 1.807) is 27.7 Å². The van der Waals surface area contributed by atoms with Crippen LogP contribution < -0.4 is 5.32 Å². The van der Waals surface area contributed by atoms with Gasteiger partial charge in [-0.15, -0.1) is 0 Å². The van der Waals surface area contributed by atoms with Gasteiger partial charge in [0.05, 0.1) is 12.7 Å². The zero-order valence-electron chi connectivity index (χ0n) is 19.9. The van der Waals surface area contributed by atoms with Gasteiger partial charge >= 0.3 is 6.09 Å². The van der Waals surface area contributed by atoms with Gasteiger partial charge < -0.3 is 24.3 Å². The van der Waals surface area contributed by atoms with Crippen molar-refractivity contribution in [1.29, 1.82) is 0 Å². The fraction of sp³-hybridized carbons (Fsp3) is 0.462. The highest BCUT2D eigenvalue weighted by Gasteiger charge is 2.43. The molecule has 1 N–H and O–H groups in total. The van der Waals surface area contributed by atoms with E-state index in [9.17, 15) is 9.59 Å². The standard InChI is InChI=1S/C26H35NO5/c1-7-31-26(21-14-10-8-11-15-21,22-16-12-9-13-17-22)20(2)30-19-25(6,18-28)27-23(29)32-24(3,4)5/h8-18,20H,7,19H2,1-6H3,(H,27,29)/t20-,25+/m0/s1. The molecule has 0 aromatic heterocycles. The zero-order chi connectivity index (χ0) is 23.8. The summed E-state index contributed by atoms with van der Waals surface area (Å²) in [5, 5.41) is 2.62. The smallest absolute Gasteiger partial charge is 0.408 e. The van der Waals surface area contributed by atoms with E-state index in [0.717, 1.165) is 11.1 Å². The van der Waals surface area contributed by atoms with Gasteiger partial charge in [-0.2, -0.15) is 0 Å². The molecule has 0 radical (unpaired) electrons. The molecule has 32 heavy (non-hydrogen) atoms. The molecule has 6 heteroatoms. The Morgan fingerprint density at radius 2 is 1.47 bits per heavy atom. The molecule has 0 fully saturated rings. The first-order chi connectivity index (χ1) is 15.1. The van der Waals surface area contributed by atoms with Crippen LogP contribution >= 0.6 is 0 Å². The third kappa shape index (κ3) is 6.40. The van der Waals surface area contributed by atoms with Crippen LogP contribution in [0.25, 0.3) is 0 Å². The molecular weight excluding hydrogens is 406 g/mol. The average Bonchev–Trinajstić information content (AvgIpc) is 2.75. The Bertz CT molecular complexity index is 823. The average molecular weight is 442 g/mol. The highest BCUT2D eigenvalue weighted by molar-refractivity contribution is 5.76. The quantitative estimate of drug-likeness (QED) is 0.533. The van der Waals surface area contributed by atoms with Crippen molar-refractivity contribution in [1.82, 2.24) is 5.32 Å². The lowest BCUT2D eigenvalue weighted by Crippen LogP contribution is -2.54. The van der Waals surface area contributed by atoms with Crippen LogP contribution in [0.4, 0.5) is 4.79 Å². The van der Waals surface area contributed by atoms with E-state index in [2.05, 4.69) is 5.32 Å². The van der Waals surface area contributed by atoms with Gasteiger partial charge in [-0.25, -0.2) is 4.79 Å². The first kappa shape index (κ1) is 25.6. The zero-order valence-corrected chi connectivity index (χ0v) is 19.9. The summed E-state index contributed by atoms with van der Waals surface area (Å²) in [5.41, 5.74) is -0.955. The second-order valence-electron chi connectivity index (χ2n) is 9.02.